The van der Waals surface area contributed by atoms with Gasteiger partial charge in [0.15, 0.2) is 0 Å². The van der Waals surface area contributed by atoms with Gasteiger partial charge in [-0.2, -0.15) is 0 Å². The second-order valence-electron chi connectivity index (χ2n) is 2.76. The van der Waals surface area contributed by atoms with E-state index in [0.717, 1.165) is 5.82 Å². The molecule has 1 heterocycles. The average molecular weight is 110 g/mol. The highest BCUT2D eigenvalue weighted by Crippen LogP contribution is 2.09. The van der Waals surface area contributed by atoms with Crippen molar-refractivity contribution >= 4 is 7.28 Å². The highest BCUT2D eigenvalue weighted by atomic mass is 14.9. The monoisotopic (exact) mass is 110 g/mol. The highest BCUT2D eigenvalue weighted by Gasteiger charge is 2.13. The molecule has 8 heavy (non-hydrogen) atoms. The summed E-state index contributed by atoms with van der Waals surface area (Å²) in [6, 6.07) is 0.714. The zero-order chi connectivity index (χ0) is 5.98. The van der Waals surface area contributed by atoms with E-state index in [2.05, 4.69) is 26.4 Å². The van der Waals surface area contributed by atoms with Crippen molar-refractivity contribution in [2.24, 2.45) is 0 Å². The minimum absolute atomic E-state index is 0.714. The van der Waals surface area contributed by atoms with Gasteiger partial charge in [-0.25, -0.2) is 0 Å². The number of hydrogen-bond acceptors (Lipinski definition) is 1. The SMILES string of the molecule is CC1[B]CC(C)NC1. The fourth-order valence-corrected chi connectivity index (χ4v) is 0.990. The van der Waals surface area contributed by atoms with E-state index in [1.165, 1.54) is 12.9 Å². The second kappa shape index (κ2) is 2.54. The van der Waals surface area contributed by atoms with Crippen LogP contribution in [0.1, 0.15) is 13.8 Å². The minimum Gasteiger partial charge on any atom is -0.315 e. The van der Waals surface area contributed by atoms with Crippen LogP contribution in [0, 0.1) is 0 Å². The molecule has 0 bridgehead atoms. The number of hydrogen-bond donors (Lipinski definition) is 1. The molecule has 1 aliphatic heterocycles. The first-order valence-corrected chi connectivity index (χ1v) is 3.36. The molecule has 0 aliphatic carbocycles. The van der Waals surface area contributed by atoms with Gasteiger partial charge in [0.1, 0.15) is 7.28 Å². The molecule has 0 aromatic rings. The molecule has 1 rings (SSSR count). The molecule has 0 amide bonds. The minimum atomic E-state index is 0.714. The average Bonchev–Trinajstić information content (AvgIpc) is 1.77. The Hall–Kier alpha value is 0.0249. The van der Waals surface area contributed by atoms with Gasteiger partial charge in [0.2, 0.25) is 0 Å². The maximum Gasteiger partial charge on any atom is 0.116 e. The molecule has 2 atom stereocenters. The van der Waals surface area contributed by atoms with Crippen molar-refractivity contribution in [1.82, 2.24) is 5.32 Å². The van der Waals surface area contributed by atoms with Crippen molar-refractivity contribution in [3.05, 3.63) is 0 Å². The summed E-state index contributed by atoms with van der Waals surface area (Å²) in [7, 11) is 2.39. The van der Waals surface area contributed by atoms with Crippen molar-refractivity contribution in [1.29, 1.82) is 0 Å². The van der Waals surface area contributed by atoms with Crippen molar-refractivity contribution < 1.29 is 0 Å². The van der Waals surface area contributed by atoms with Crippen LogP contribution < -0.4 is 5.32 Å². The lowest BCUT2D eigenvalue weighted by molar-refractivity contribution is 0.551. The summed E-state index contributed by atoms with van der Waals surface area (Å²) in [4.78, 5) is 0. The third-order valence-electron chi connectivity index (χ3n) is 1.68. The fourth-order valence-electron chi connectivity index (χ4n) is 0.990. The lowest BCUT2D eigenvalue weighted by atomic mass is 9.59. The molecule has 1 aliphatic rings. The molecule has 45 valence electrons. The fraction of sp³-hybridized carbons (Fsp3) is 1.00. The molecular weight excluding hydrogens is 96.9 g/mol. The van der Waals surface area contributed by atoms with E-state index in [1.54, 1.807) is 0 Å². The molecule has 2 unspecified atom stereocenters. The van der Waals surface area contributed by atoms with Gasteiger partial charge >= 0.3 is 0 Å². The molecule has 1 fully saturated rings. The Bertz CT molecular complexity index is 56.9. The van der Waals surface area contributed by atoms with Gasteiger partial charge in [-0.15, -0.1) is 0 Å². The zero-order valence-electron chi connectivity index (χ0n) is 5.65. The quantitative estimate of drug-likeness (QED) is 0.457. The Morgan fingerprint density at radius 1 is 1.50 bits per heavy atom. The first-order valence-electron chi connectivity index (χ1n) is 3.36. The Morgan fingerprint density at radius 3 is 2.62 bits per heavy atom. The predicted molar refractivity (Wildman–Crippen MR) is 37.4 cm³/mol. The Morgan fingerprint density at radius 2 is 2.25 bits per heavy atom. The molecular formula is C6H13BN. The predicted octanol–water partition coefficient (Wildman–Crippen LogP) is 0.909. The second-order valence-corrected chi connectivity index (χ2v) is 2.76. The Kier molecular flexibility index (Phi) is 1.95. The van der Waals surface area contributed by atoms with E-state index in [1.807, 2.05) is 0 Å². The van der Waals surface area contributed by atoms with Crippen LogP contribution in [-0.2, 0) is 0 Å². The van der Waals surface area contributed by atoms with Gasteiger partial charge in [-0.3, -0.25) is 0 Å². The lowest BCUT2D eigenvalue weighted by Crippen LogP contribution is -2.36. The van der Waals surface area contributed by atoms with Crippen molar-refractivity contribution in [2.75, 3.05) is 6.54 Å². The van der Waals surface area contributed by atoms with Gasteiger partial charge in [0.25, 0.3) is 0 Å². The Balaban J connectivity index is 2.19. The van der Waals surface area contributed by atoms with Crippen LogP contribution in [0.2, 0.25) is 12.1 Å². The molecule has 0 aromatic carbocycles. The summed E-state index contributed by atoms with van der Waals surface area (Å²) in [6.45, 7) is 5.64. The van der Waals surface area contributed by atoms with E-state index in [4.69, 9.17) is 0 Å². The lowest BCUT2D eigenvalue weighted by Gasteiger charge is -2.23. The molecule has 0 saturated carbocycles. The first-order chi connectivity index (χ1) is 3.79. The van der Waals surface area contributed by atoms with Crippen LogP contribution in [0.25, 0.3) is 0 Å². The van der Waals surface area contributed by atoms with E-state index < -0.39 is 0 Å². The molecule has 0 spiro atoms. The van der Waals surface area contributed by atoms with Crippen LogP contribution >= 0.6 is 0 Å². The van der Waals surface area contributed by atoms with E-state index in [0.29, 0.717) is 6.04 Å². The van der Waals surface area contributed by atoms with Crippen LogP contribution in [0.15, 0.2) is 0 Å². The van der Waals surface area contributed by atoms with Gasteiger partial charge in [0.05, 0.1) is 0 Å². The summed E-state index contributed by atoms with van der Waals surface area (Å²) in [6.07, 6.45) is 1.24. The van der Waals surface area contributed by atoms with Gasteiger partial charge in [-0.1, -0.05) is 26.0 Å². The van der Waals surface area contributed by atoms with Crippen molar-refractivity contribution in [3.8, 4) is 0 Å². The zero-order valence-corrected chi connectivity index (χ0v) is 5.65. The van der Waals surface area contributed by atoms with E-state index in [9.17, 15) is 0 Å². The summed E-state index contributed by atoms with van der Waals surface area (Å²) in [5.41, 5.74) is 0. The van der Waals surface area contributed by atoms with Crippen LogP contribution in [0.3, 0.4) is 0 Å². The van der Waals surface area contributed by atoms with Gasteiger partial charge in [0, 0.05) is 0 Å². The number of nitrogens with one attached hydrogen (secondary N) is 1. The van der Waals surface area contributed by atoms with E-state index in [-0.39, 0.29) is 0 Å². The topological polar surface area (TPSA) is 12.0 Å². The molecule has 1 nitrogen and oxygen atoms in total. The summed E-state index contributed by atoms with van der Waals surface area (Å²) >= 11 is 0. The van der Waals surface area contributed by atoms with Crippen LogP contribution in [-0.4, -0.2) is 19.9 Å². The largest absolute Gasteiger partial charge is 0.315 e. The number of rotatable bonds is 0. The molecule has 1 radical (unpaired) electrons. The maximum absolute atomic E-state index is 3.40. The molecule has 1 N–H and O–H groups in total. The van der Waals surface area contributed by atoms with Crippen molar-refractivity contribution in [3.63, 3.8) is 0 Å². The van der Waals surface area contributed by atoms with E-state index >= 15 is 0 Å². The summed E-state index contributed by atoms with van der Waals surface area (Å²) < 4.78 is 0. The highest BCUT2D eigenvalue weighted by molar-refractivity contribution is 6.38. The smallest absolute Gasteiger partial charge is 0.116 e. The standard InChI is InChI=1S/C6H13BN/c1-5-4-8-6(2)3-7-5/h5-6,8H,3-4H2,1-2H3. The maximum atomic E-state index is 3.40. The molecule has 0 aromatic heterocycles. The summed E-state index contributed by atoms with van der Waals surface area (Å²) in [5.74, 6) is 0.784. The van der Waals surface area contributed by atoms with Crippen LogP contribution in [0.4, 0.5) is 0 Å². The molecule has 2 heteroatoms. The Labute approximate surface area is 52.1 Å². The van der Waals surface area contributed by atoms with Crippen molar-refractivity contribution in [2.45, 2.75) is 32.0 Å². The summed E-state index contributed by atoms with van der Waals surface area (Å²) in [5, 5.41) is 3.40. The first kappa shape index (κ1) is 6.15. The third kappa shape index (κ3) is 1.51. The third-order valence-corrected chi connectivity index (χ3v) is 1.68. The van der Waals surface area contributed by atoms with Gasteiger partial charge in [-0.05, 0) is 12.6 Å². The normalized spacial score (nSPS) is 38.8. The molecule has 1 saturated heterocycles. The van der Waals surface area contributed by atoms with Gasteiger partial charge < -0.3 is 5.32 Å². The van der Waals surface area contributed by atoms with Crippen LogP contribution in [0.5, 0.6) is 0 Å².